The highest BCUT2D eigenvalue weighted by molar-refractivity contribution is 5.54. The Hall–Kier alpha value is -1.45. The van der Waals surface area contributed by atoms with Crippen molar-refractivity contribution in [2.45, 2.75) is 114 Å². The summed E-state index contributed by atoms with van der Waals surface area (Å²) in [6.45, 7) is 0. The van der Waals surface area contributed by atoms with Gasteiger partial charge in [-0.15, -0.1) is 0 Å². The molecule has 0 aromatic heterocycles. The minimum Gasteiger partial charge on any atom is -0.494 e. The van der Waals surface area contributed by atoms with Crippen molar-refractivity contribution >= 4 is 5.69 Å². The van der Waals surface area contributed by atoms with Crippen LogP contribution in [-0.2, 0) is 0 Å². The summed E-state index contributed by atoms with van der Waals surface area (Å²) in [4.78, 5) is 6.26. The highest BCUT2D eigenvalue weighted by Gasteiger charge is 2.47. The van der Waals surface area contributed by atoms with Gasteiger partial charge < -0.3 is 15.4 Å². The van der Waals surface area contributed by atoms with Crippen molar-refractivity contribution in [3.63, 3.8) is 0 Å². The lowest BCUT2D eigenvalue weighted by Gasteiger charge is -2.59. The third-order valence-corrected chi connectivity index (χ3v) is 7.98. The predicted octanol–water partition coefficient (Wildman–Crippen LogP) is 3.82. The number of halogens is 1. The molecule has 2 saturated carbocycles. The summed E-state index contributed by atoms with van der Waals surface area (Å²) < 4.78 is 20.7. The van der Waals surface area contributed by atoms with Crippen LogP contribution in [0.15, 0.2) is 18.2 Å². The Labute approximate surface area is 198 Å². The summed E-state index contributed by atoms with van der Waals surface area (Å²) >= 11 is 0. The maximum atomic E-state index is 15.5. The molecule has 4 rings (SSSR count). The van der Waals surface area contributed by atoms with Gasteiger partial charge in [0.1, 0.15) is 18.9 Å². The summed E-state index contributed by atoms with van der Waals surface area (Å²) in [5, 5.41) is 0. The molecule has 3 atom stereocenters. The molecular weight excluding hydrogens is 419 g/mol. The number of methoxy groups -OCH3 is 1. The zero-order chi connectivity index (χ0) is 23.4. The van der Waals surface area contributed by atoms with Crippen molar-refractivity contribution < 1.29 is 9.13 Å². The highest BCUT2D eigenvalue weighted by atomic mass is 19.1. The molecule has 8 heteroatoms. The number of hydrogen-bond donors (Lipinski definition) is 3. The van der Waals surface area contributed by atoms with Crippen LogP contribution in [0, 0.1) is 5.82 Å². The molecule has 186 valence electrons. The first-order valence-electron chi connectivity index (χ1n) is 13.0. The lowest BCUT2D eigenvalue weighted by atomic mass is 9.95. The molecule has 6 N–H and O–H groups in total. The standard InChI is InChI=1S/C25H43FN6O/c1-33-21-17-11-16-20(22(21)26)32-24(28)30(18-12-7-3-2-4-8-13-18)23(27)31(25(32)29)19-14-9-5-6-10-15-19/h11,16-19,23-25H,2-10,12-15,27-29H2,1H3. The fourth-order valence-electron chi connectivity index (χ4n) is 6.20. The molecule has 3 aliphatic rings. The Balaban J connectivity index is 1.73. The number of hydrogen-bond acceptors (Lipinski definition) is 7. The quantitative estimate of drug-likeness (QED) is 0.585. The van der Waals surface area contributed by atoms with Crippen LogP contribution in [0.2, 0.25) is 0 Å². The van der Waals surface area contributed by atoms with Crippen LogP contribution in [0.5, 0.6) is 5.75 Å². The average Bonchev–Trinajstić information content (AvgIpc) is 3.05. The smallest absolute Gasteiger partial charge is 0.188 e. The van der Waals surface area contributed by atoms with Crippen molar-refractivity contribution in [3.05, 3.63) is 24.0 Å². The zero-order valence-corrected chi connectivity index (χ0v) is 20.2. The number of rotatable bonds is 4. The first-order valence-corrected chi connectivity index (χ1v) is 13.0. The van der Waals surface area contributed by atoms with E-state index in [0.29, 0.717) is 5.69 Å². The molecule has 0 amide bonds. The fourth-order valence-corrected chi connectivity index (χ4v) is 6.20. The molecule has 3 fully saturated rings. The molecule has 0 spiro atoms. The Bertz CT molecular complexity index is 750. The molecule has 7 nitrogen and oxygen atoms in total. The van der Waals surface area contributed by atoms with Gasteiger partial charge in [-0.3, -0.25) is 11.5 Å². The van der Waals surface area contributed by atoms with E-state index in [1.807, 2.05) is 4.90 Å². The third-order valence-electron chi connectivity index (χ3n) is 7.98. The van der Waals surface area contributed by atoms with Crippen LogP contribution in [-0.4, -0.2) is 47.9 Å². The summed E-state index contributed by atoms with van der Waals surface area (Å²) in [5.41, 5.74) is 21.1. The highest BCUT2D eigenvalue weighted by Crippen LogP contribution is 2.37. The van der Waals surface area contributed by atoms with Gasteiger partial charge in [0.2, 0.25) is 0 Å². The molecule has 1 heterocycles. The minimum absolute atomic E-state index is 0.195. The molecule has 1 saturated heterocycles. The van der Waals surface area contributed by atoms with Crippen LogP contribution in [0.3, 0.4) is 0 Å². The molecule has 1 aliphatic heterocycles. The van der Waals surface area contributed by atoms with Crippen LogP contribution >= 0.6 is 0 Å². The monoisotopic (exact) mass is 462 g/mol. The third kappa shape index (κ3) is 5.15. The molecule has 0 bridgehead atoms. The molecular formula is C25H43FN6O. The van der Waals surface area contributed by atoms with Crippen molar-refractivity contribution in [2.75, 3.05) is 12.0 Å². The van der Waals surface area contributed by atoms with Crippen molar-refractivity contribution in [1.29, 1.82) is 0 Å². The molecule has 33 heavy (non-hydrogen) atoms. The van der Waals surface area contributed by atoms with Crippen LogP contribution in [0.1, 0.15) is 83.5 Å². The molecule has 2 aliphatic carbocycles. The average molecular weight is 463 g/mol. The van der Waals surface area contributed by atoms with Gasteiger partial charge in [-0.05, 0) is 37.8 Å². The number of anilines is 1. The van der Waals surface area contributed by atoms with E-state index in [4.69, 9.17) is 21.9 Å². The first-order chi connectivity index (χ1) is 16.0. The van der Waals surface area contributed by atoms with Crippen molar-refractivity contribution in [1.82, 2.24) is 9.80 Å². The zero-order valence-electron chi connectivity index (χ0n) is 20.2. The van der Waals surface area contributed by atoms with Gasteiger partial charge in [0, 0.05) is 12.1 Å². The number of ether oxygens (including phenoxy) is 1. The van der Waals surface area contributed by atoms with Gasteiger partial charge in [0.25, 0.3) is 0 Å². The maximum absolute atomic E-state index is 15.5. The lowest BCUT2D eigenvalue weighted by molar-refractivity contribution is -0.108. The molecule has 1 aromatic carbocycles. The van der Waals surface area contributed by atoms with Crippen molar-refractivity contribution in [2.24, 2.45) is 17.2 Å². The van der Waals surface area contributed by atoms with Gasteiger partial charge in [0.15, 0.2) is 11.6 Å². The SMILES string of the molecule is COc1cccc(N2C(N)N(C3CCCCCCC3)C(N)N(C3CCCCCC3)C2N)c1F. The van der Waals surface area contributed by atoms with E-state index in [0.717, 1.165) is 25.7 Å². The Morgan fingerprint density at radius 1 is 0.727 bits per heavy atom. The van der Waals surface area contributed by atoms with E-state index >= 15 is 4.39 Å². The van der Waals surface area contributed by atoms with Crippen LogP contribution in [0.4, 0.5) is 10.1 Å². The van der Waals surface area contributed by atoms with Gasteiger partial charge in [-0.2, -0.15) is 0 Å². The van der Waals surface area contributed by atoms with Crippen molar-refractivity contribution in [3.8, 4) is 5.75 Å². The summed E-state index contributed by atoms with van der Waals surface area (Å²) in [7, 11) is 1.48. The summed E-state index contributed by atoms with van der Waals surface area (Å²) in [6, 6.07) is 5.68. The molecule has 1 aromatic rings. The van der Waals surface area contributed by atoms with E-state index in [1.54, 1.807) is 18.2 Å². The van der Waals surface area contributed by atoms with Gasteiger partial charge >= 0.3 is 0 Å². The molecule has 3 unspecified atom stereocenters. The maximum Gasteiger partial charge on any atom is 0.188 e. The Morgan fingerprint density at radius 2 is 1.18 bits per heavy atom. The largest absolute Gasteiger partial charge is 0.494 e. The molecule has 0 radical (unpaired) electrons. The van der Waals surface area contributed by atoms with E-state index in [9.17, 15) is 0 Å². The fraction of sp³-hybridized carbons (Fsp3) is 0.760. The number of benzene rings is 1. The first kappa shape index (κ1) is 24.7. The van der Waals surface area contributed by atoms with Gasteiger partial charge in [-0.25, -0.2) is 14.2 Å². The number of nitrogens with zero attached hydrogens (tertiary/aromatic N) is 3. The topological polar surface area (TPSA) is 97.0 Å². The summed E-state index contributed by atoms with van der Waals surface area (Å²) in [6.07, 6.45) is 13.6. The van der Waals surface area contributed by atoms with Gasteiger partial charge in [0.05, 0.1) is 12.8 Å². The van der Waals surface area contributed by atoms with E-state index < -0.39 is 18.4 Å². The van der Waals surface area contributed by atoms with Gasteiger partial charge in [-0.1, -0.05) is 63.9 Å². The van der Waals surface area contributed by atoms with E-state index in [1.165, 1.54) is 64.9 Å². The second-order valence-electron chi connectivity index (χ2n) is 9.98. The second-order valence-corrected chi connectivity index (χ2v) is 9.98. The summed E-state index contributed by atoms with van der Waals surface area (Å²) in [5.74, 6) is -0.236. The lowest BCUT2D eigenvalue weighted by Crippen LogP contribution is -2.81. The van der Waals surface area contributed by atoms with E-state index in [-0.39, 0.29) is 24.1 Å². The van der Waals surface area contributed by atoms with Crippen LogP contribution in [0.25, 0.3) is 0 Å². The van der Waals surface area contributed by atoms with Crippen LogP contribution < -0.4 is 26.8 Å². The minimum atomic E-state index is -0.608. The number of nitrogens with two attached hydrogens (primary N) is 3. The normalized spacial score (nSPS) is 30.0. The Morgan fingerprint density at radius 3 is 1.64 bits per heavy atom. The second kappa shape index (κ2) is 11.3. The van der Waals surface area contributed by atoms with E-state index in [2.05, 4.69) is 9.80 Å². The predicted molar refractivity (Wildman–Crippen MR) is 131 cm³/mol. The Kier molecular flexibility index (Phi) is 8.46.